The van der Waals surface area contributed by atoms with Crippen LogP contribution in [0, 0.1) is 18.8 Å². The van der Waals surface area contributed by atoms with E-state index in [2.05, 4.69) is 38.1 Å². The Labute approximate surface area is 86.1 Å². The molecule has 1 heterocycles. The quantitative estimate of drug-likeness (QED) is 0.696. The molecule has 1 unspecified atom stereocenters. The lowest BCUT2D eigenvalue weighted by Crippen LogP contribution is -2.11. The van der Waals surface area contributed by atoms with Crippen LogP contribution in [0.15, 0.2) is 24.3 Å². The lowest BCUT2D eigenvalue weighted by atomic mass is 9.91. The number of ether oxygens (including phenoxy) is 1. The zero-order chi connectivity index (χ0) is 9.97. The van der Waals surface area contributed by atoms with Gasteiger partial charge in [-0.05, 0) is 30.7 Å². The van der Waals surface area contributed by atoms with E-state index in [0.717, 1.165) is 25.0 Å². The Bertz CT molecular complexity index is 306. The van der Waals surface area contributed by atoms with Gasteiger partial charge in [-0.1, -0.05) is 36.8 Å². The summed E-state index contributed by atoms with van der Waals surface area (Å²) in [4.78, 5) is 0. The third-order valence-corrected chi connectivity index (χ3v) is 3.10. The van der Waals surface area contributed by atoms with Gasteiger partial charge in [0.05, 0.1) is 6.61 Å². The van der Waals surface area contributed by atoms with Gasteiger partial charge in [0.2, 0.25) is 0 Å². The van der Waals surface area contributed by atoms with Gasteiger partial charge in [-0.2, -0.15) is 0 Å². The molecule has 1 heteroatoms. The third-order valence-electron chi connectivity index (χ3n) is 3.10. The van der Waals surface area contributed by atoms with Crippen LogP contribution in [0.5, 0.6) is 0 Å². The molecule has 0 amide bonds. The van der Waals surface area contributed by atoms with Gasteiger partial charge < -0.3 is 4.74 Å². The predicted molar refractivity (Wildman–Crippen MR) is 58.4 cm³/mol. The minimum Gasteiger partial charge on any atom is -0.381 e. The average molecular weight is 190 g/mol. The molecule has 1 fully saturated rings. The summed E-state index contributed by atoms with van der Waals surface area (Å²) < 4.78 is 5.47. The largest absolute Gasteiger partial charge is 0.381 e. The Kier molecular flexibility index (Phi) is 2.87. The Morgan fingerprint density at radius 2 is 2.21 bits per heavy atom. The number of aryl methyl sites for hydroxylation is 1. The van der Waals surface area contributed by atoms with E-state index in [-0.39, 0.29) is 0 Å². The Balaban J connectivity index is 2.03. The molecule has 0 aromatic heterocycles. The number of rotatable bonds is 2. The van der Waals surface area contributed by atoms with Gasteiger partial charge in [-0.3, -0.25) is 0 Å². The van der Waals surface area contributed by atoms with Crippen LogP contribution in [0.2, 0.25) is 0 Å². The molecule has 1 nitrogen and oxygen atoms in total. The molecule has 2 atom stereocenters. The predicted octanol–water partition coefficient (Wildman–Crippen LogP) is 2.82. The van der Waals surface area contributed by atoms with Gasteiger partial charge >= 0.3 is 0 Å². The highest BCUT2D eigenvalue weighted by atomic mass is 16.5. The zero-order valence-corrected chi connectivity index (χ0v) is 8.99. The Hall–Kier alpha value is -0.820. The van der Waals surface area contributed by atoms with E-state index in [0.29, 0.717) is 0 Å². The maximum atomic E-state index is 5.47. The van der Waals surface area contributed by atoms with Crippen LogP contribution in [0.25, 0.3) is 0 Å². The van der Waals surface area contributed by atoms with Crippen molar-refractivity contribution in [1.29, 1.82) is 0 Å². The summed E-state index contributed by atoms with van der Waals surface area (Å²) in [5.41, 5.74) is 2.81. The molecule has 1 saturated heterocycles. The van der Waals surface area contributed by atoms with E-state index in [9.17, 15) is 0 Å². The number of hydrogen-bond acceptors (Lipinski definition) is 1. The summed E-state index contributed by atoms with van der Waals surface area (Å²) in [5, 5.41) is 0. The van der Waals surface area contributed by atoms with Crippen LogP contribution >= 0.6 is 0 Å². The maximum absolute atomic E-state index is 5.47. The highest BCUT2D eigenvalue weighted by Crippen LogP contribution is 2.24. The molecular formula is C13H18O. The van der Waals surface area contributed by atoms with Crippen molar-refractivity contribution in [3.8, 4) is 0 Å². The molecule has 14 heavy (non-hydrogen) atoms. The van der Waals surface area contributed by atoms with E-state index < -0.39 is 0 Å². The van der Waals surface area contributed by atoms with Crippen molar-refractivity contribution in [2.45, 2.75) is 20.3 Å². The van der Waals surface area contributed by atoms with Crippen LogP contribution < -0.4 is 0 Å². The number of benzene rings is 1. The highest BCUT2D eigenvalue weighted by Gasteiger charge is 2.24. The second kappa shape index (κ2) is 4.14. The first-order chi connectivity index (χ1) is 6.75. The first-order valence-corrected chi connectivity index (χ1v) is 5.39. The van der Waals surface area contributed by atoms with E-state index in [1.165, 1.54) is 17.5 Å². The molecule has 0 bridgehead atoms. The van der Waals surface area contributed by atoms with Crippen LogP contribution in [-0.2, 0) is 11.2 Å². The molecule has 1 aliphatic rings. The molecule has 76 valence electrons. The summed E-state index contributed by atoms with van der Waals surface area (Å²) in [6.07, 6.45) is 1.17. The van der Waals surface area contributed by atoms with E-state index in [1.807, 2.05) is 0 Å². The molecule has 1 aromatic carbocycles. The lowest BCUT2D eigenvalue weighted by molar-refractivity contribution is 0.181. The van der Waals surface area contributed by atoms with E-state index in [4.69, 9.17) is 4.74 Å². The Morgan fingerprint density at radius 3 is 2.86 bits per heavy atom. The SMILES string of the molecule is Cc1cccc(C[C@@H]2COCC2C)c1. The topological polar surface area (TPSA) is 9.23 Å². The highest BCUT2D eigenvalue weighted by molar-refractivity contribution is 5.22. The fourth-order valence-electron chi connectivity index (χ4n) is 2.11. The minimum atomic E-state index is 0.718. The summed E-state index contributed by atoms with van der Waals surface area (Å²) in [5.74, 6) is 1.44. The molecule has 0 N–H and O–H groups in total. The van der Waals surface area contributed by atoms with Gasteiger partial charge in [-0.15, -0.1) is 0 Å². The van der Waals surface area contributed by atoms with Crippen molar-refractivity contribution in [1.82, 2.24) is 0 Å². The Morgan fingerprint density at radius 1 is 1.36 bits per heavy atom. The van der Waals surface area contributed by atoms with E-state index >= 15 is 0 Å². The molecule has 0 spiro atoms. The molecule has 0 saturated carbocycles. The summed E-state index contributed by atoms with van der Waals surface area (Å²) in [6.45, 7) is 6.32. The summed E-state index contributed by atoms with van der Waals surface area (Å²) >= 11 is 0. The first kappa shape index (κ1) is 9.72. The standard InChI is InChI=1S/C13H18O/c1-10-4-3-5-12(6-10)7-13-9-14-8-11(13)2/h3-6,11,13H,7-9H2,1-2H3/t11?,13-/m1/s1. The molecule has 1 aromatic rings. The fraction of sp³-hybridized carbons (Fsp3) is 0.538. The first-order valence-electron chi connectivity index (χ1n) is 5.39. The molecule has 0 aliphatic carbocycles. The maximum Gasteiger partial charge on any atom is 0.0500 e. The van der Waals surface area contributed by atoms with Gasteiger partial charge in [0, 0.05) is 6.61 Å². The van der Waals surface area contributed by atoms with Gasteiger partial charge in [0.1, 0.15) is 0 Å². The van der Waals surface area contributed by atoms with Crippen molar-refractivity contribution >= 4 is 0 Å². The van der Waals surface area contributed by atoms with Crippen LogP contribution in [0.4, 0.5) is 0 Å². The second-order valence-electron chi connectivity index (χ2n) is 4.47. The minimum absolute atomic E-state index is 0.718. The summed E-state index contributed by atoms with van der Waals surface area (Å²) in [6, 6.07) is 8.80. The zero-order valence-electron chi connectivity index (χ0n) is 8.99. The lowest BCUT2D eigenvalue weighted by Gasteiger charge is -2.13. The van der Waals surface area contributed by atoms with Gasteiger partial charge in [0.25, 0.3) is 0 Å². The van der Waals surface area contributed by atoms with E-state index in [1.54, 1.807) is 0 Å². The van der Waals surface area contributed by atoms with Crippen LogP contribution in [-0.4, -0.2) is 13.2 Å². The average Bonchev–Trinajstić information content (AvgIpc) is 2.52. The molecule has 2 rings (SSSR count). The van der Waals surface area contributed by atoms with Crippen molar-refractivity contribution in [2.24, 2.45) is 11.8 Å². The molecule has 0 radical (unpaired) electrons. The normalized spacial score (nSPS) is 26.7. The van der Waals surface area contributed by atoms with Crippen molar-refractivity contribution < 1.29 is 4.74 Å². The third kappa shape index (κ3) is 2.16. The van der Waals surface area contributed by atoms with Crippen molar-refractivity contribution in [3.05, 3.63) is 35.4 Å². The van der Waals surface area contributed by atoms with Crippen molar-refractivity contribution in [3.63, 3.8) is 0 Å². The fourth-order valence-corrected chi connectivity index (χ4v) is 2.11. The monoisotopic (exact) mass is 190 g/mol. The second-order valence-corrected chi connectivity index (χ2v) is 4.47. The van der Waals surface area contributed by atoms with Crippen LogP contribution in [0.1, 0.15) is 18.1 Å². The molecule has 1 aliphatic heterocycles. The molecular weight excluding hydrogens is 172 g/mol. The smallest absolute Gasteiger partial charge is 0.0500 e. The summed E-state index contributed by atoms with van der Waals surface area (Å²) in [7, 11) is 0. The van der Waals surface area contributed by atoms with Crippen LogP contribution in [0.3, 0.4) is 0 Å². The van der Waals surface area contributed by atoms with Gasteiger partial charge in [-0.25, -0.2) is 0 Å². The van der Waals surface area contributed by atoms with Gasteiger partial charge in [0.15, 0.2) is 0 Å². The van der Waals surface area contributed by atoms with Crippen molar-refractivity contribution in [2.75, 3.05) is 13.2 Å². The number of hydrogen-bond donors (Lipinski definition) is 0.